The number of carbonyl (C=O) groups is 2. The molecule has 1 N–H and O–H groups in total. The van der Waals surface area contributed by atoms with Crippen LogP contribution in [0.5, 0.6) is 0 Å². The Kier molecular flexibility index (Phi) is 5.86. The van der Waals surface area contributed by atoms with Gasteiger partial charge in [-0.25, -0.2) is 18.2 Å². The fraction of sp³-hybridized carbons (Fsp3) is 0.105. The molecule has 0 atom stereocenters. The maximum Gasteiger partial charge on any atom is 0.381 e. The number of esters is 1. The maximum atomic E-state index is 12.5. The first-order valence-electron chi connectivity index (χ1n) is 8.26. The number of nitrogens with one attached hydrogen (secondary N) is 1. The molecule has 0 spiro atoms. The first kappa shape index (κ1) is 19.7. The van der Waals surface area contributed by atoms with Crippen molar-refractivity contribution in [2.75, 3.05) is 11.3 Å². The van der Waals surface area contributed by atoms with E-state index in [0.717, 1.165) is 22.5 Å². The zero-order chi connectivity index (χ0) is 20.1. The standard InChI is InChI=1S/C19H16N2O5S2/c1-2-26-18(23)17(22)16-12-27-19(20-16)21-28(24,25)15-10-8-14(9-11-15)13-6-4-3-5-7-13/h3-12H,2H2,1H3,(H,20,21). The van der Waals surface area contributed by atoms with Gasteiger partial charge in [-0.05, 0) is 30.2 Å². The zero-order valence-electron chi connectivity index (χ0n) is 14.8. The second-order valence-electron chi connectivity index (χ2n) is 5.58. The molecule has 28 heavy (non-hydrogen) atoms. The van der Waals surface area contributed by atoms with E-state index in [9.17, 15) is 18.0 Å². The number of nitrogens with zero attached hydrogens (tertiary/aromatic N) is 1. The zero-order valence-corrected chi connectivity index (χ0v) is 16.4. The summed E-state index contributed by atoms with van der Waals surface area (Å²) in [6.07, 6.45) is 0. The normalized spacial score (nSPS) is 11.0. The van der Waals surface area contributed by atoms with Crippen LogP contribution in [0.4, 0.5) is 5.13 Å². The molecule has 0 aliphatic rings. The minimum Gasteiger partial charge on any atom is -0.460 e. The molecule has 0 saturated carbocycles. The van der Waals surface area contributed by atoms with Crippen LogP contribution >= 0.6 is 11.3 Å². The van der Waals surface area contributed by atoms with Crippen LogP contribution in [0.1, 0.15) is 17.4 Å². The molecule has 7 nitrogen and oxygen atoms in total. The lowest BCUT2D eigenvalue weighted by Gasteiger charge is -2.07. The minimum absolute atomic E-state index is 0.0141. The van der Waals surface area contributed by atoms with Gasteiger partial charge in [-0.15, -0.1) is 11.3 Å². The Labute approximate surface area is 166 Å². The fourth-order valence-electron chi connectivity index (χ4n) is 2.36. The van der Waals surface area contributed by atoms with Gasteiger partial charge in [0.25, 0.3) is 15.8 Å². The molecule has 9 heteroatoms. The predicted molar refractivity (Wildman–Crippen MR) is 106 cm³/mol. The Hall–Kier alpha value is -3.04. The molecule has 3 aromatic rings. The van der Waals surface area contributed by atoms with Crippen molar-refractivity contribution in [3.63, 3.8) is 0 Å². The van der Waals surface area contributed by atoms with Gasteiger partial charge in [0.15, 0.2) is 5.13 Å². The van der Waals surface area contributed by atoms with Crippen molar-refractivity contribution in [3.8, 4) is 11.1 Å². The van der Waals surface area contributed by atoms with Crippen LogP contribution in [-0.4, -0.2) is 31.8 Å². The van der Waals surface area contributed by atoms with Crippen molar-refractivity contribution in [2.45, 2.75) is 11.8 Å². The lowest BCUT2D eigenvalue weighted by Crippen LogP contribution is -2.18. The number of carbonyl (C=O) groups excluding carboxylic acids is 2. The molecule has 0 unspecified atom stereocenters. The van der Waals surface area contributed by atoms with E-state index in [0.29, 0.717) is 0 Å². The first-order chi connectivity index (χ1) is 13.4. The monoisotopic (exact) mass is 416 g/mol. The van der Waals surface area contributed by atoms with Gasteiger partial charge in [-0.1, -0.05) is 42.5 Å². The highest BCUT2D eigenvalue weighted by Gasteiger charge is 2.22. The molecule has 0 aliphatic carbocycles. The molecule has 0 saturated heterocycles. The number of ketones is 1. The molecule has 0 amide bonds. The van der Waals surface area contributed by atoms with Gasteiger partial charge in [-0.2, -0.15) is 0 Å². The van der Waals surface area contributed by atoms with E-state index in [1.807, 2.05) is 30.3 Å². The smallest absolute Gasteiger partial charge is 0.381 e. The average Bonchev–Trinajstić information content (AvgIpc) is 3.16. The molecular weight excluding hydrogens is 400 g/mol. The average molecular weight is 416 g/mol. The quantitative estimate of drug-likeness (QED) is 0.360. The summed E-state index contributed by atoms with van der Waals surface area (Å²) >= 11 is 0.905. The summed E-state index contributed by atoms with van der Waals surface area (Å²) < 4.78 is 32.0. The largest absolute Gasteiger partial charge is 0.460 e. The molecular formula is C19H16N2O5S2. The Morgan fingerprint density at radius 3 is 2.32 bits per heavy atom. The van der Waals surface area contributed by atoms with Crippen LogP contribution in [-0.2, 0) is 19.6 Å². The Balaban J connectivity index is 1.75. The summed E-state index contributed by atoms with van der Waals surface area (Å²) in [5.41, 5.74) is 1.69. The van der Waals surface area contributed by atoms with Gasteiger partial charge in [0.1, 0.15) is 5.69 Å². The van der Waals surface area contributed by atoms with Crippen LogP contribution < -0.4 is 4.72 Å². The van der Waals surface area contributed by atoms with Crippen LogP contribution in [0, 0.1) is 0 Å². The second-order valence-corrected chi connectivity index (χ2v) is 8.12. The highest BCUT2D eigenvalue weighted by Crippen LogP contribution is 2.24. The van der Waals surface area contributed by atoms with Crippen molar-refractivity contribution in [2.24, 2.45) is 0 Å². The molecule has 2 aromatic carbocycles. The Morgan fingerprint density at radius 2 is 1.68 bits per heavy atom. The molecule has 3 rings (SSSR count). The van der Waals surface area contributed by atoms with Crippen LogP contribution in [0.25, 0.3) is 11.1 Å². The number of hydrogen-bond acceptors (Lipinski definition) is 7. The van der Waals surface area contributed by atoms with Crippen LogP contribution in [0.2, 0.25) is 0 Å². The highest BCUT2D eigenvalue weighted by molar-refractivity contribution is 7.93. The van der Waals surface area contributed by atoms with E-state index in [1.165, 1.54) is 17.5 Å². The molecule has 0 bridgehead atoms. The van der Waals surface area contributed by atoms with Crippen molar-refractivity contribution in [1.29, 1.82) is 0 Å². The van der Waals surface area contributed by atoms with E-state index in [4.69, 9.17) is 0 Å². The van der Waals surface area contributed by atoms with Gasteiger partial charge in [0.2, 0.25) is 0 Å². The van der Waals surface area contributed by atoms with E-state index in [1.54, 1.807) is 19.1 Å². The number of hydrogen-bond donors (Lipinski definition) is 1. The molecule has 1 aromatic heterocycles. The van der Waals surface area contributed by atoms with Crippen LogP contribution in [0.15, 0.2) is 64.9 Å². The predicted octanol–water partition coefficient (Wildman–Crippen LogP) is 3.36. The van der Waals surface area contributed by atoms with E-state index < -0.39 is 21.8 Å². The number of rotatable bonds is 7. The fourth-order valence-corrected chi connectivity index (χ4v) is 4.30. The number of sulfonamides is 1. The minimum atomic E-state index is -3.88. The van der Waals surface area contributed by atoms with Crippen molar-refractivity contribution in [1.82, 2.24) is 4.98 Å². The maximum absolute atomic E-state index is 12.5. The summed E-state index contributed by atoms with van der Waals surface area (Å²) in [6, 6.07) is 16.0. The van der Waals surface area contributed by atoms with Gasteiger partial charge < -0.3 is 4.74 Å². The van der Waals surface area contributed by atoms with Gasteiger partial charge in [0.05, 0.1) is 11.5 Å². The van der Waals surface area contributed by atoms with Crippen molar-refractivity contribution >= 4 is 38.2 Å². The van der Waals surface area contributed by atoms with Gasteiger partial charge in [-0.3, -0.25) is 9.52 Å². The lowest BCUT2D eigenvalue weighted by molar-refractivity contribution is -0.137. The molecule has 0 radical (unpaired) electrons. The summed E-state index contributed by atoms with van der Waals surface area (Å²) in [4.78, 5) is 27.2. The van der Waals surface area contributed by atoms with Crippen molar-refractivity contribution in [3.05, 3.63) is 65.7 Å². The SMILES string of the molecule is CCOC(=O)C(=O)c1csc(NS(=O)(=O)c2ccc(-c3ccccc3)cc2)n1. The molecule has 144 valence electrons. The lowest BCUT2D eigenvalue weighted by atomic mass is 10.1. The number of thiazole rings is 1. The van der Waals surface area contributed by atoms with Crippen molar-refractivity contribution < 1.29 is 22.7 Å². The highest BCUT2D eigenvalue weighted by atomic mass is 32.2. The number of ether oxygens (including phenoxy) is 1. The Bertz CT molecular complexity index is 1090. The molecule has 1 heterocycles. The molecule has 0 fully saturated rings. The van der Waals surface area contributed by atoms with E-state index in [2.05, 4.69) is 14.4 Å². The number of aromatic nitrogens is 1. The third-order valence-electron chi connectivity index (χ3n) is 3.69. The van der Waals surface area contributed by atoms with E-state index >= 15 is 0 Å². The number of benzene rings is 2. The number of Topliss-reactive ketones (excluding diaryl/α,β-unsaturated/α-hetero) is 1. The third kappa shape index (κ3) is 4.44. The topological polar surface area (TPSA) is 102 Å². The number of anilines is 1. The van der Waals surface area contributed by atoms with E-state index in [-0.39, 0.29) is 22.3 Å². The van der Waals surface area contributed by atoms with Gasteiger partial charge >= 0.3 is 5.97 Å². The van der Waals surface area contributed by atoms with Crippen LogP contribution in [0.3, 0.4) is 0 Å². The summed E-state index contributed by atoms with van der Waals surface area (Å²) in [6.45, 7) is 1.64. The summed E-state index contributed by atoms with van der Waals surface area (Å²) in [5.74, 6) is -1.95. The third-order valence-corrected chi connectivity index (χ3v) is 5.93. The first-order valence-corrected chi connectivity index (χ1v) is 10.6. The second kappa shape index (κ2) is 8.32. The summed E-state index contributed by atoms with van der Waals surface area (Å²) in [5, 5.41) is 1.29. The van der Waals surface area contributed by atoms with Gasteiger partial charge in [0, 0.05) is 5.38 Å². The summed E-state index contributed by atoms with van der Waals surface area (Å²) in [7, 11) is -3.88. The molecule has 0 aliphatic heterocycles. The Morgan fingerprint density at radius 1 is 1.04 bits per heavy atom.